The van der Waals surface area contributed by atoms with Crippen LogP contribution in [0, 0.1) is 0 Å². The van der Waals surface area contributed by atoms with E-state index in [0.717, 1.165) is 68.6 Å². The first kappa shape index (κ1) is 24.8. The number of carbonyl (C=O) groups excluding carboxylic acids is 1. The second-order valence-corrected chi connectivity index (χ2v) is 10.2. The van der Waals surface area contributed by atoms with Gasteiger partial charge in [-0.05, 0) is 44.6 Å². The maximum absolute atomic E-state index is 13.0. The van der Waals surface area contributed by atoms with E-state index >= 15 is 0 Å². The van der Waals surface area contributed by atoms with Crippen molar-refractivity contribution < 1.29 is 24.1 Å². The van der Waals surface area contributed by atoms with Crippen molar-refractivity contribution in [3.63, 3.8) is 0 Å². The number of ether oxygens (including phenoxy) is 3. The smallest absolute Gasteiger partial charge is 0.319 e. The van der Waals surface area contributed by atoms with Crippen LogP contribution in [0.4, 0.5) is 5.82 Å². The lowest BCUT2D eigenvalue weighted by atomic mass is 9.89. The van der Waals surface area contributed by atoms with Gasteiger partial charge in [0.2, 0.25) is 0 Å². The molecule has 1 amide bonds. The van der Waals surface area contributed by atoms with Crippen molar-refractivity contribution in [3.05, 3.63) is 29.7 Å². The monoisotopic (exact) mass is 523 g/mol. The Kier molecular flexibility index (Phi) is 6.98. The summed E-state index contributed by atoms with van der Waals surface area (Å²) in [4.78, 5) is 28.5. The van der Waals surface area contributed by atoms with Gasteiger partial charge in [-0.2, -0.15) is 15.1 Å². The third-order valence-electron chi connectivity index (χ3n) is 7.79. The Hall–Kier alpha value is -3.51. The average Bonchev–Trinajstić information content (AvgIpc) is 3.64. The molecule has 0 radical (unpaired) electrons. The molecule has 5 heterocycles. The number of piperidine rings is 1. The molecule has 38 heavy (non-hydrogen) atoms. The van der Waals surface area contributed by atoms with E-state index in [2.05, 4.69) is 35.4 Å². The highest BCUT2D eigenvalue weighted by Crippen LogP contribution is 2.36. The molecule has 3 aliphatic rings. The van der Waals surface area contributed by atoms with Crippen molar-refractivity contribution in [1.29, 1.82) is 0 Å². The zero-order chi connectivity index (χ0) is 26.1. The van der Waals surface area contributed by atoms with Crippen LogP contribution < -0.4 is 19.7 Å². The topological polar surface area (TPSA) is 148 Å². The molecule has 3 aromatic heterocycles. The zero-order valence-electron chi connectivity index (χ0n) is 21.4. The Balaban J connectivity index is 1.19. The lowest BCUT2D eigenvalue weighted by molar-refractivity contribution is 0.0444. The normalized spacial score (nSPS) is 23.8. The summed E-state index contributed by atoms with van der Waals surface area (Å²) in [5, 5.41) is 21.3. The summed E-state index contributed by atoms with van der Waals surface area (Å²) < 4.78 is 17.1. The molecule has 3 atom stereocenters. The maximum Gasteiger partial charge on any atom is 0.319 e. The summed E-state index contributed by atoms with van der Waals surface area (Å²) in [7, 11) is 1.65. The van der Waals surface area contributed by atoms with Crippen molar-refractivity contribution in [2.24, 2.45) is 0 Å². The van der Waals surface area contributed by atoms with Crippen LogP contribution in [0.15, 0.2) is 18.3 Å². The fourth-order valence-electron chi connectivity index (χ4n) is 5.40. The molecule has 1 aliphatic carbocycles. The quantitative estimate of drug-likeness (QED) is 0.400. The number of aromatic amines is 1. The van der Waals surface area contributed by atoms with Crippen LogP contribution in [-0.4, -0.2) is 87.8 Å². The number of amides is 1. The Bertz CT molecular complexity index is 1290. The number of rotatable bonds is 8. The minimum absolute atomic E-state index is 0.0103. The predicted octanol–water partition coefficient (Wildman–Crippen LogP) is 1.95. The molecule has 202 valence electrons. The Morgan fingerprint density at radius 3 is 2.82 bits per heavy atom. The van der Waals surface area contributed by atoms with Crippen LogP contribution in [0.2, 0.25) is 0 Å². The van der Waals surface area contributed by atoms with Gasteiger partial charge in [-0.15, -0.1) is 0 Å². The summed E-state index contributed by atoms with van der Waals surface area (Å²) in [5.41, 5.74) is 1.92. The number of nitrogens with one attached hydrogen (secondary N) is 2. The Labute approximate surface area is 220 Å². The van der Waals surface area contributed by atoms with Crippen molar-refractivity contribution in [1.82, 2.24) is 30.5 Å². The van der Waals surface area contributed by atoms with Gasteiger partial charge >= 0.3 is 6.01 Å². The first-order chi connectivity index (χ1) is 18.6. The van der Waals surface area contributed by atoms with Gasteiger partial charge in [0, 0.05) is 37.9 Å². The van der Waals surface area contributed by atoms with Crippen molar-refractivity contribution in [2.75, 3.05) is 38.3 Å². The highest BCUT2D eigenvalue weighted by Gasteiger charge is 2.32. The van der Waals surface area contributed by atoms with Crippen molar-refractivity contribution in [2.45, 2.75) is 62.7 Å². The van der Waals surface area contributed by atoms with Gasteiger partial charge in [-0.25, -0.2) is 4.98 Å². The lowest BCUT2D eigenvalue weighted by Crippen LogP contribution is -2.50. The molecule has 6 rings (SSSR count). The third-order valence-corrected chi connectivity index (χ3v) is 7.79. The Morgan fingerprint density at radius 1 is 1.24 bits per heavy atom. The number of H-pyrrole nitrogens is 1. The van der Waals surface area contributed by atoms with Crippen LogP contribution >= 0.6 is 0 Å². The molecule has 3 N–H and O–H groups in total. The fourth-order valence-corrected chi connectivity index (χ4v) is 5.40. The molecular weight excluding hydrogens is 490 g/mol. The number of methoxy groups -OCH3 is 1. The molecule has 0 spiro atoms. The molecule has 12 nitrogen and oxygen atoms in total. The molecule has 1 saturated carbocycles. The highest BCUT2D eigenvalue weighted by atomic mass is 16.5. The number of hydrogen-bond acceptors (Lipinski definition) is 10. The molecule has 0 bridgehead atoms. The van der Waals surface area contributed by atoms with Gasteiger partial charge in [0.15, 0.2) is 5.65 Å². The number of carbonyl (C=O) groups is 1. The molecule has 3 fully saturated rings. The van der Waals surface area contributed by atoms with E-state index < -0.39 is 6.10 Å². The molecule has 0 aromatic carbocycles. The zero-order valence-corrected chi connectivity index (χ0v) is 21.4. The summed E-state index contributed by atoms with van der Waals surface area (Å²) in [6.45, 7) is 2.54. The van der Waals surface area contributed by atoms with Crippen LogP contribution in [0.1, 0.15) is 60.6 Å². The fraction of sp³-hybridized carbons (Fsp3) is 0.577. The van der Waals surface area contributed by atoms with E-state index in [9.17, 15) is 9.90 Å². The Morgan fingerprint density at radius 2 is 2.11 bits per heavy atom. The molecule has 2 aliphatic heterocycles. The van der Waals surface area contributed by atoms with E-state index in [-0.39, 0.29) is 35.7 Å². The van der Waals surface area contributed by atoms with Gasteiger partial charge in [0.1, 0.15) is 23.9 Å². The van der Waals surface area contributed by atoms with Crippen molar-refractivity contribution in [3.8, 4) is 11.8 Å². The molecule has 3 aromatic rings. The predicted molar refractivity (Wildman–Crippen MR) is 138 cm³/mol. The second kappa shape index (κ2) is 10.7. The van der Waals surface area contributed by atoms with Crippen LogP contribution in [0.5, 0.6) is 11.8 Å². The minimum atomic E-state index is -0.512. The number of aliphatic hydroxyl groups excluding tert-OH is 1. The molecule has 12 heteroatoms. The average molecular weight is 524 g/mol. The van der Waals surface area contributed by atoms with E-state index in [0.29, 0.717) is 24.5 Å². The van der Waals surface area contributed by atoms with Gasteiger partial charge in [0.05, 0.1) is 36.4 Å². The summed E-state index contributed by atoms with van der Waals surface area (Å²) in [6, 6.07) is 3.47. The van der Waals surface area contributed by atoms with E-state index in [1.54, 1.807) is 19.4 Å². The summed E-state index contributed by atoms with van der Waals surface area (Å²) in [6.07, 6.45) is 6.31. The van der Waals surface area contributed by atoms with Gasteiger partial charge < -0.3 is 29.5 Å². The SMILES string of the molecule is COc1ccnc2n[nH]c(C3CCN(c4cc(C(=O)N[C@H]5CC[C@@H]5O)nc(OC[C@H]5CCCO5)n4)CC3)c12. The first-order valence-corrected chi connectivity index (χ1v) is 13.3. The van der Waals surface area contributed by atoms with E-state index in [1.807, 2.05) is 6.07 Å². The van der Waals surface area contributed by atoms with Gasteiger partial charge in [0.25, 0.3) is 5.91 Å². The summed E-state index contributed by atoms with van der Waals surface area (Å²) in [5.74, 6) is 1.33. The number of hydrogen-bond donors (Lipinski definition) is 3. The minimum Gasteiger partial charge on any atom is -0.496 e. The highest BCUT2D eigenvalue weighted by molar-refractivity contribution is 5.93. The molecular formula is C26H33N7O5. The second-order valence-electron chi connectivity index (χ2n) is 10.2. The van der Waals surface area contributed by atoms with Crippen LogP contribution in [0.25, 0.3) is 11.0 Å². The lowest BCUT2D eigenvalue weighted by Gasteiger charge is -2.33. The van der Waals surface area contributed by atoms with Gasteiger partial charge in [-0.3, -0.25) is 9.89 Å². The molecule has 2 saturated heterocycles. The number of pyridine rings is 1. The van der Waals surface area contributed by atoms with Crippen molar-refractivity contribution >= 4 is 22.8 Å². The van der Waals surface area contributed by atoms with Crippen LogP contribution in [0.3, 0.4) is 0 Å². The number of aliphatic hydroxyl groups is 1. The number of aromatic nitrogens is 5. The number of anilines is 1. The van der Waals surface area contributed by atoms with Crippen LogP contribution in [-0.2, 0) is 4.74 Å². The van der Waals surface area contributed by atoms with E-state index in [1.165, 1.54) is 0 Å². The summed E-state index contributed by atoms with van der Waals surface area (Å²) >= 11 is 0. The number of nitrogens with zero attached hydrogens (tertiary/aromatic N) is 5. The van der Waals surface area contributed by atoms with E-state index in [4.69, 9.17) is 14.2 Å². The first-order valence-electron chi connectivity index (χ1n) is 13.3. The maximum atomic E-state index is 13.0. The van der Waals surface area contributed by atoms with Gasteiger partial charge in [-0.1, -0.05) is 0 Å². The number of fused-ring (bicyclic) bond motifs is 1. The largest absolute Gasteiger partial charge is 0.496 e. The third kappa shape index (κ3) is 4.97. The standard InChI is InChI=1S/C26H33N7O5/c1-36-20-6-9-27-24-22(20)23(31-32-24)15-7-10-33(11-8-15)21-13-18(25(35)28-17-4-5-19(17)34)29-26(30-21)38-14-16-3-2-12-37-16/h6,9,13,15-17,19,34H,2-5,7-8,10-12,14H2,1H3,(H,28,35)(H,27,31,32)/t16-,17+,19+/m1/s1. The molecule has 0 unspecified atom stereocenters.